The minimum Gasteiger partial charge on any atom is -0.491 e. The monoisotopic (exact) mass is 275 g/mol. The molecule has 1 aromatic carbocycles. The number of hydrogen-bond acceptors (Lipinski definition) is 6. The van der Waals surface area contributed by atoms with Crippen LogP contribution in [0.15, 0.2) is 24.3 Å². The molecule has 0 saturated heterocycles. The van der Waals surface area contributed by atoms with E-state index < -0.39 is 0 Å². The van der Waals surface area contributed by atoms with Crippen molar-refractivity contribution in [2.24, 2.45) is 0 Å². The summed E-state index contributed by atoms with van der Waals surface area (Å²) in [5.41, 5.74) is 6.44. The fourth-order valence-corrected chi connectivity index (χ4v) is 2.47. The molecule has 0 radical (unpaired) electrons. The molecule has 0 aliphatic rings. The van der Waals surface area contributed by atoms with Crippen LogP contribution in [0.5, 0.6) is 5.75 Å². The molecule has 0 aliphatic heterocycles. The zero-order valence-corrected chi connectivity index (χ0v) is 11.2. The number of nitrogens with zero attached hydrogens (tertiary/aromatic N) is 4. The van der Waals surface area contributed by atoms with Crippen LogP contribution in [0.4, 0.5) is 5.69 Å². The van der Waals surface area contributed by atoms with Crippen molar-refractivity contribution in [1.29, 1.82) is 0 Å². The van der Waals surface area contributed by atoms with E-state index in [9.17, 15) is 0 Å². The maximum absolute atomic E-state index is 5.81. The second-order valence-electron chi connectivity index (χ2n) is 4.07. The number of anilines is 1. The van der Waals surface area contributed by atoms with Gasteiger partial charge in [-0.3, -0.25) is 0 Å². The van der Waals surface area contributed by atoms with Gasteiger partial charge in [0, 0.05) is 6.42 Å². The van der Waals surface area contributed by atoms with Gasteiger partial charge in [-0.2, -0.15) is 9.61 Å². The van der Waals surface area contributed by atoms with E-state index in [-0.39, 0.29) is 0 Å². The fourth-order valence-electron chi connectivity index (χ4n) is 1.77. The summed E-state index contributed by atoms with van der Waals surface area (Å²) < 4.78 is 7.40. The molecule has 98 valence electrons. The Morgan fingerprint density at radius 3 is 3.00 bits per heavy atom. The summed E-state index contributed by atoms with van der Waals surface area (Å²) in [7, 11) is 0. The highest BCUT2D eigenvalue weighted by Gasteiger charge is 2.09. The lowest BCUT2D eigenvalue weighted by Crippen LogP contribution is -2.06. The van der Waals surface area contributed by atoms with E-state index in [1.54, 1.807) is 4.52 Å². The number of ether oxygens (including phenoxy) is 1. The second kappa shape index (κ2) is 4.85. The lowest BCUT2D eigenvalue weighted by atomic mass is 10.3. The number of aryl methyl sites for hydroxylation is 1. The molecule has 0 spiro atoms. The van der Waals surface area contributed by atoms with E-state index >= 15 is 0 Å². The molecule has 6 nitrogen and oxygen atoms in total. The molecular weight excluding hydrogens is 262 g/mol. The Morgan fingerprint density at radius 2 is 2.16 bits per heavy atom. The molecule has 3 rings (SSSR count). The lowest BCUT2D eigenvalue weighted by molar-refractivity contribution is 0.319. The predicted molar refractivity (Wildman–Crippen MR) is 73.4 cm³/mol. The van der Waals surface area contributed by atoms with Crippen molar-refractivity contribution >= 4 is 22.0 Å². The quantitative estimate of drug-likeness (QED) is 0.733. The topological polar surface area (TPSA) is 78.3 Å². The SMILES string of the molecule is Cc1nn2c(CCOc3ccccc3N)nnc2s1. The summed E-state index contributed by atoms with van der Waals surface area (Å²) in [6, 6.07) is 7.43. The molecule has 0 saturated carbocycles. The van der Waals surface area contributed by atoms with Gasteiger partial charge in [0.25, 0.3) is 0 Å². The van der Waals surface area contributed by atoms with Gasteiger partial charge in [-0.1, -0.05) is 23.5 Å². The fraction of sp³-hybridized carbons (Fsp3) is 0.250. The largest absolute Gasteiger partial charge is 0.491 e. The average Bonchev–Trinajstić information content (AvgIpc) is 2.92. The third-order valence-corrected chi connectivity index (χ3v) is 3.47. The Bertz CT molecular complexity index is 705. The highest BCUT2D eigenvalue weighted by atomic mass is 32.1. The van der Waals surface area contributed by atoms with Crippen LogP contribution in [0, 0.1) is 6.92 Å². The van der Waals surface area contributed by atoms with Gasteiger partial charge < -0.3 is 10.5 Å². The molecular formula is C12H13N5OS. The number of fused-ring (bicyclic) bond motifs is 1. The molecule has 2 heterocycles. The second-order valence-corrected chi connectivity index (χ2v) is 5.23. The third-order valence-electron chi connectivity index (χ3n) is 2.66. The smallest absolute Gasteiger partial charge is 0.234 e. The van der Waals surface area contributed by atoms with E-state index in [4.69, 9.17) is 10.5 Å². The molecule has 0 aliphatic carbocycles. The predicted octanol–water partition coefficient (Wildman–Crippen LogP) is 1.70. The first kappa shape index (κ1) is 11.9. The normalized spacial score (nSPS) is 11.0. The van der Waals surface area contributed by atoms with Crippen molar-refractivity contribution in [3.63, 3.8) is 0 Å². The Morgan fingerprint density at radius 1 is 1.32 bits per heavy atom. The highest BCUT2D eigenvalue weighted by Crippen LogP contribution is 2.20. The Labute approximate surface area is 113 Å². The molecule has 0 fully saturated rings. The molecule has 7 heteroatoms. The maximum Gasteiger partial charge on any atom is 0.234 e. The van der Waals surface area contributed by atoms with Gasteiger partial charge in [-0.05, 0) is 19.1 Å². The number of rotatable bonds is 4. The first-order chi connectivity index (χ1) is 9.24. The molecule has 0 amide bonds. The molecule has 19 heavy (non-hydrogen) atoms. The summed E-state index contributed by atoms with van der Waals surface area (Å²) >= 11 is 1.52. The molecule has 0 atom stereocenters. The van der Waals surface area contributed by atoms with Crippen LogP contribution in [0.2, 0.25) is 0 Å². The van der Waals surface area contributed by atoms with Crippen molar-refractivity contribution in [1.82, 2.24) is 19.8 Å². The van der Waals surface area contributed by atoms with E-state index in [1.165, 1.54) is 11.3 Å². The van der Waals surface area contributed by atoms with Crippen LogP contribution in [0.3, 0.4) is 0 Å². The Balaban J connectivity index is 1.68. The van der Waals surface area contributed by atoms with Crippen molar-refractivity contribution in [2.45, 2.75) is 13.3 Å². The van der Waals surface area contributed by atoms with Crippen LogP contribution in [-0.4, -0.2) is 26.4 Å². The highest BCUT2D eigenvalue weighted by molar-refractivity contribution is 7.16. The molecule has 3 aromatic rings. The summed E-state index contributed by atoms with van der Waals surface area (Å²) in [4.78, 5) is 0.812. The van der Waals surface area contributed by atoms with Crippen LogP contribution in [0.25, 0.3) is 4.96 Å². The van der Waals surface area contributed by atoms with Gasteiger partial charge in [-0.15, -0.1) is 10.2 Å². The van der Waals surface area contributed by atoms with E-state index in [0.717, 1.165) is 15.8 Å². The average molecular weight is 275 g/mol. The lowest BCUT2D eigenvalue weighted by Gasteiger charge is -2.07. The van der Waals surface area contributed by atoms with E-state index in [1.807, 2.05) is 31.2 Å². The Kier molecular flexibility index (Phi) is 3.04. The minimum absolute atomic E-state index is 0.492. The van der Waals surface area contributed by atoms with Gasteiger partial charge in [0.2, 0.25) is 4.96 Å². The van der Waals surface area contributed by atoms with E-state index in [2.05, 4.69) is 15.3 Å². The first-order valence-corrected chi connectivity index (χ1v) is 6.71. The van der Waals surface area contributed by atoms with Crippen molar-refractivity contribution < 1.29 is 4.74 Å². The van der Waals surface area contributed by atoms with Gasteiger partial charge in [0.15, 0.2) is 5.82 Å². The number of nitrogens with two attached hydrogens (primary N) is 1. The van der Waals surface area contributed by atoms with Crippen molar-refractivity contribution in [3.05, 3.63) is 35.1 Å². The van der Waals surface area contributed by atoms with Crippen LogP contribution in [-0.2, 0) is 6.42 Å². The molecule has 2 aromatic heterocycles. The number of para-hydroxylation sites is 2. The van der Waals surface area contributed by atoms with Crippen molar-refractivity contribution in [2.75, 3.05) is 12.3 Å². The standard InChI is InChI=1S/C12H13N5OS/c1-8-16-17-11(14-15-12(17)19-8)6-7-18-10-5-3-2-4-9(10)13/h2-5H,6-7,13H2,1H3. The summed E-state index contributed by atoms with van der Waals surface area (Å²) in [6.07, 6.45) is 0.638. The van der Waals surface area contributed by atoms with Crippen LogP contribution in [0.1, 0.15) is 10.8 Å². The van der Waals surface area contributed by atoms with E-state index in [0.29, 0.717) is 24.5 Å². The number of benzene rings is 1. The third kappa shape index (κ3) is 2.37. The summed E-state index contributed by atoms with van der Waals surface area (Å²) in [6.45, 7) is 2.44. The van der Waals surface area contributed by atoms with Crippen LogP contribution < -0.4 is 10.5 Å². The summed E-state index contributed by atoms with van der Waals surface area (Å²) in [5.74, 6) is 1.49. The zero-order chi connectivity index (χ0) is 13.2. The van der Waals surface area contributed by atoms with Gasteiger partial charge in [-0.25, -0.2) is 0 Å². The minimum atomic E-state index is 0.492. The van der Waals surface area contributed by atoms with Crippen LogP contribution >= 0.6 is 11.3 Å². The Hall–Kier alpha value is -2.15. The molecule has 0 bridgehead atoms. The molecule has 0 unspecified atom stereocenters. The zero-order valence-electron chi connectivity index (χ0n) is 10.4. The number of hydrogen-bond donors (Lipinski definition) is 1. The number of aromatic nitrogens is 4. The molecule has 2 N–H and O–H groups in total. The van der Waals surface area contributed by atoms with Crippen molar-refractivity contribution in [3.8, 4) is 5.75 Å². The van der Waals surface area contributed by atoms with Gasteiger partial charge in [0.1, 0.15) is 10.8 Å². The summed E-state index contributed by atoms with van der Waals surface area (Å²) in [5, 5.41) is 13.5. The number of nitrogen functional groups attached to an aromatic ring is 1. The van der Waals surface area contributed by atoms with Gasteiger partial charge >= 0.3 is 0 Å². The van der Waals surface area contributed by atoms with Gasteiger partial charge in [0.05, 0.1) is 12.3 Å². The first-order valence-electron chi connectivity index (χ1n) is 5.89. The maximum atomic E-state index is 5.81.